The minimum absolute atomic E-state index is 0.0682. The van der Waals surface area contributed by atoms with Crippen molar-refractivity contribution in [2.45, 2.75) is 52.1 Å². The molecule has 2 heterocycles. The lowest BCUT2D eigenvalue weighted by molar-refractivity contribution is -0.125. The van der Waals surface area contributed by atoms with Crippen molar-refractivity contribution < 1.29 is 8.78 Å². The SMILES string of the molecule is CC(C)N1CCN(CC2CCN(C(C)C)CC2(F)F)CC1. The molecule has 0 spiro atoms. The molecule has 2 saturated heterocycles. The Hall–Kier alpha value is -0.260. The minimum Gasteiger partial charge on any atom is -0.300 e. The van der Waals surface area contributed by atoms with E-state index in [0.29, 0.717) is 19.0 Å². The molecule has 21 heavy (non-hydrogen) atoms. The molecule has 5 heteroatoms. The minimum atomic E-state index is -2.54. The lowest BCUT2D eigenvalue weighted by Gasteiger charge is -2.43. The van der Waals surface area contributed by atoms with Crippen molar-refractivity contribution in [3.8, 4) is 0 Å². The van der Waals surface area contributed by atoms with Crippen LogP contribution in [0.1, 0.15) is 34.1 Å². The molecule has 0 N–H and O–H groups in total. The summed E-state index contributed by atoms with van der Waals surface area (Å²) in [5.74, 6) is -3.02. The van der Waals surface area contributed by atoms with Gasteiger partial charge in [0.05, 0.1) is 6.54 Å². The molecule has 0 aliphatic carbocycles. The normalized spacial score (nSPS) is 29.4. The summed E-state index contributed by atoms with van der Waals surface area (Å²) < 4.78 is 28.7. The van der Waals surface area contributed by atoms with Crippen LogP contribution in [0.15, 0.2) is 0 Å². The van der Waals surface area contributed by atoms with Crippen LogP contribution in [0, 0.1) is 5.92 Å². The molecule has 2 aliphatic heterocycles. The molecule has 0 aromatic carbocycles. The van der Waals surface area contributed by atoms with E-state index in [2.05, 4.69) is 23.6 Å². The first kappa shape index (κ1) is 17.1. The quantitative estimate of drug-likeness (QED) is 0.789. The maximum atomic E-state index is 14.4. The number of halogens is 2. The van der Waals surface area contributed by atoms with Crippen LogP contribution in [0.2, 0.25) is 0 Å². The summed E-state index contributed by atoms with van der Waals surface area (Å²) in [5, 5.41) is 0. The zero-order valence-electron chi connectivity index (χ0n) is 14.0. The first-order valence-corrected chi connectivity index (χ1v) is 8.38. The van der Waals surface area contributed by atoms with E-state index < -0.39 is 11.8 Å². The Labute approximate surface area is 128 Å². The van der Waals surface area contributed by atoms with Gasteiger partial charge < -0.3 is 4.90 Å². The highest BCUT2D eigenvalue weighted by atomic mass is 19.3. The number of piperidine rings is 1. The smallest absolute Gasteiger partial charge is 0.264 e. The summed E-state index contributed by atoms with van der Waals surface area (Å²) in [6, 6.07) is 0.772. The molecule has 0 radical (unpaired) electrons. The molecule has 3 nitrogen and oxygen atoms in total. The van der Waals surface area contributed by atoms with Crippen LogP contribution in [0.5, 0.6) is 0 Å². The third-order valence-electron chi connectivity index (χ3n) is 5.12. The van der Waals surface area contributed by atoms with Crippen LogP contribution in [0.25, 0.3) is 0 Å². The van der Waals surface area contributed by atoms with Crippen LogP contribution in [-0.4, -0.2) is 78.5 Å². The summed E-state index contributed by atoms with van der Waals surface area (Å²) in [5.41, 5.74) is 0. The zero-order valence-corrected chi connectivity index (χ0v) is 14.0. The second-order valence-electron chi connectivity index (χ2n) is 7.24. The maximum Gasteiger partial charge on any atom is 0.264 e. The van der Waals surface area contributed by atoms with Gasteiger partial charge in [-0.25, -0.2) is 8.78 Å². The van der Waals surface area contributed by atoms with Crippen LogP contribution in [0.3, 0.4) is 0 Å². The summed E-state index contributed by atoms with van der Waals surface area (Å²) in [6.07, 6.45) is 0.621. The molecular weight excluding hydrogens is 272 g/mol. The second kappa shape index (κ2) is 6.88. The molecule has 124 valence electrons. The third-order valence-corrected chi connectivity index (χ3v) is 5.12. The highest BCUT2D eigenvalue weighted by Gasteiger charge is 2.45. The van der Waals surface area contributed by atoms with Crippen molar-refractivity contribution in [2.24, 2.45) is 5.92 Å². The third kappa shape index (κ3) is 4.36. The van der Waals surface area contributed by atoms with Gasteiger partial charge in [-0.15, -0.1) is 0 Å². The zero-order chi connectivity index (χ0) is 15.6. The van der Waals surface area contributed by atoms with Crippen LogP contribution < -0.4 is 0 Å². The molecule has 2 aliphatic rings. The Morgan fingerprint density at radius 3 is 1.95 bits per heavy atom. The lowest BCUT2D eigenvalue weighted by atomic mass is 9.91. The van der Waals surface area contributed by atoms with E-state index in [1.54, 1.807) is 0 Å². The molecule has 1 unspecified atom stereocenters. The van der Waals surface area contributed by atoms with E-state index in [0.717, 1.165) is 32.7 Å². The van der Waals surface area contributed by atoms with Gasteiger partial charge in [0.25, 0.3) is 5.92 Å². The molecule has 2 rings (SSSR count). The van der Waals surface area contributed by atoms with E-state index in [1.807, 2.05) is 18.7 Å². The largest absolute Gasteiger partial charge is 0.300 e. The fourth-order valence-corrected chi connectivity index (χ4v) is 3.45. The molecule has 1 atom stereocenters. The number of alkyl halides is 2. The van der Waals surface area contributed by atoms with Gasteiger partial charge in [-0.3, -0.25) is 9.80 Å². The van der Waals surface area contributed by atoms with Gasteiger partial charge in [0.1, 0.15) is 0 Å². The maximum absolute atomic E-state index is 14.4. The Bertz CT molecular complexity index is 325. The van der Waals surface area contributed by atoms with Gasteiger partial charge in [0, 0.05) is 50.7 Å². The van der Waals surface area contributed by atoms with Gasteiger partial charge in [0.2, 0.25) is 0 Å². The number of likely N-dealkylation sites (tertiary alicyclic amines) is 1. The average molecular weight is 303 g/mol. The first-order chi connectivity index (χ1) is 9.79. The van der Waals surface area contributed by atoms with Crippen molar-refractivity contribution in [1.82, 2.24) is 14.7 Å². The van der Waals surface area contributed by atoms with Crippen molar-refractivity contribution >= 4 is 0 Å². The summed E-state index contributed by atoms with van der Waals surface area (Å²) in [6.45, 7) is 13.6. The van der Waals surface area contributed by atoms with Gasteiger partial charge in [-0.05, 0) is 40.7 Å². The summed E-state index contributed by atoms with van der Waals surface area (Å²) >= 11 is 0. The van der Waals surface area contributed by atoms with Crippen molar-refractivity contribution in [1.29, 1.82) is 0 Å². The number of hydrogen-bond donors (Lipinski definition) is 0. The standard InChI is InChI=1S/C16H31F2N3/c1-13(2)20-9-7-19(8-10-20)11-15-5-6-21(14(3)4)12-16(15,17)18/h13-15H,5-12H2,1-4H3. The fraction of sp³-hybridized carbons (Fsp3) is 1.00. The number of nitrogens with zero attached hydrogens (tertiary/aromatic N) is 3. The average Bonchev–Trinajstić information content (AvgIpc) is 2.41. The molecule has 0 bridgehead atoms. The molecular formula is C16H31F2N3. The van der Waals surface area contributed by atoms with Gasteiger partial charge in [-0.1, -0.05) is 0 Å². The Morgan fingerprint density at radius 2 is 1.48 bits per heavy atom. The summed E-state index contributed by atoms with van der Waals surface area (Å²) in [7, 11) is 0. The molecule has 0 amide bonds. The monoisotopic (exact) mass is 303 g/mol. The molecule has 0 aromatic rings. The van der Waals surface area contributed by atoms with E-state index in [-0.39, 0.29) is 12.6 Å². The Balaban J connectivity index is 1.84. The predicted molar refractivity (Wildman–Crippen MR) is 82.9 cm³/mol. The van der Waals surface area contributed by atoms with Crippen LogP contribution in [0.4, 0.5) is 8.78 Å². The van der Waals surface area contributed by atoms with Crippen LogP contribution >= 0.6 is 0 Å². The predicted octanol–water partition coefficient (Wildman–Crippen LogP) is 2.38. The van der Waals surface area contributed by atoms with Gasteiger partial charge in [-0.2, -0.15) is 0 Å². The molecule has 0 saturated carbocycles. The van der Waals surface area contributed by atoms with Crippen molar-refractivity contribution in [2.75, 3.05) is 45.8 Å². The summed E-state index contributed by atoms with van der Waals surface area (Å²) in [4.78, 5) is 6.58. The van der Waals surface area contributed by atoms with Crippen LogP contribution in [-0.2, 0) is 0 Å². The Kier molecular flexibility index (Phi) is 5.60. The number of hydrogen-bond acceptors (Lipinski definition) is 3. The topological polar surface area (TPSA) is 9.72 Å². The van der Waals surface area contributed by atoms with Crippen molar-refractivity contribution in [3.05, 3.63) is 0 Å². The van der Waals surface area contributed by atoms with E-state index in [1.165, 1.54) is 0 Å². The van der Waals surface area contributed by atoms with E-state index in [9.17, 15) is 8.78 Å². The van der Waals surface area contributed by atoms with Gasteiger partial charge >= 0.3 is 0 Å². The van der Waals surface area contributed by atoms with E-state index >= 15 is 0 Å². The highest BCUT2D eigenvalue weighted by Crippen LogP contribution is 2.34. The molecule has 2 fully saturated rings. The number of piperazine rings is 1. The molecule has 0 aromatic heterocycles. The van der Waals surface area contributed by atoms with Gasteiger partial charge in [0.15, 0.2) is 0 Å². The Morgan fingerprint density at radius 1 is 0.905 bits per heavy atom. The second-order valence-corrected chi connectivity index (χ2v) is 7.24. The lowest BCUT2D eigenvalue weighted by Crippen LogP contribution is -2.56. The first-order valence-electron chi connectivity index (χ1n) is 8.38. The highest BCUT2D eigenvalue weighted by molar-refractivity contribution is 4.90. The fourth-order valence-electron chi connectivity index (χ4n) is 3.45. The van der Waals surface area contributed by atoms with E-state index in [4.69, 9.17) is 0 Å². The number of rotatable bonds is 4. The van der Waals surface area contributed by atoms with Crippen molar-refractivity contribution in [3.63, 3.8) is 0 Å².